The van der Waals surface area contributed by atoms with Gasteiger partial charge < -0.3 is 9.47 Å². The lowest BCUT2D eigenvalue weighted by atomic mass is 10.2. The number of hydrogen-bond donors (Lipinski definition) is 0. The van der Waals surface area contributed by atoms with Crippen molar-refractivity contribution in [2.24, 2.45) is 5.10 Å². The number of thioether (sulfide) groups is 1. The minimum Gasteiger partial charge on any atom is -0.493 e. The maximum Gasteiger partial charge on any atom is 0.212 e. The standard InChI is InChI=1S/C24H20Cl2N4O2S/c1-31-22-8-4-6-18(23(22)32-14-19-5-2-3-7-21(19)26)13-28-30-16-27-29-24(30)33-15-17-9-11-20(25)12-10-17/h2-13,16H,14-15H2,1H3/b28-13+. The predicted molar refractivity (Wildman–Crippen MR) is 133 cm³/mol. The summed E-state index contributed by atoms with van der Waals surface area (Å²) in [4.78, 5) is 0. The van der Waals surface area contributed by atoms with E-state index in [2.05, 4.69) is 15.3 Å². The van der Waals surface area contributed by atoms with Crippen LogP contribution in [0.3, 0.4) is 0 Å². The van der Waals surface area contributed by atoms with Crippen LogP contribution in [0.1, 0.15) is 16.7 Å². The molecule has 0 saturated carbocycles. The summed E-state index contributed by atoms with van der Waals surface area (Å²) in [5.41, 5.74) is 2.77. The molecule has 4 aromatic rings. The number of nitrogens with zero attached hydrogens (tertiary/aromatic N) is 4. The van der Waals surface area contributed by atoms with Crippen LogP contribution in [-0.4, -0.2) is 28.2 Å². The van der Waals surface area contributed by atoms with Gasteiger partial charge in [-0.2, -0.15) is 9.78 Å². The van der Waals surface area contributed by atoms with Gasteiger partial charge in [0, 0.05) is 26.9 Å². The fourth-order valence-electron chi connectivity index (χ4n) is 2.96. The summed E-state index contributed by atoms with van der Waals surface area (Å²) < 4.78 is 13.2. The van der Waals surface area contributed by atoms with Gasteiger partial charge in [-0.15, -0.1) is 10.2 Å². The zero-order chi connectivity index (χ0) is 23.0. The van der Waals surface area contributed by atoms with E-state index in [1.807, 2.05) is 66.7 Å². The van der Waals surface area contributed by atoms with Gasteiger partial charge in [0.1, 0.15) is 12.9 Å². The van der Waals surface area contributed by atoms with Crippen molar-refractivity contribution >= 4 is 41.2 Å². The number of para-hydroxylation sites is 1. The van der Waals surface area contributed by atoms with Crippen LogP contribution in [0.5, 0.6) is 11.5 Å². The van der Waals surface area contributed by atoms with Crippen LogP contribution in [0.2, 0.25) is 10.0 Å². The maximum atomic E-state index is 6.27. The second-order valence-electron chi connectivity index (χ2n) is 6.88. The van der Waals surface area contributed by atoms with E-state index in [0.717, 1.165) is 22.4 Å². The van der Waals surface area contributed by atoms with Gasteiger partial charge in [0.15, 0.2) is 11.5 Å². The van der Waals surface area contributed by atoms with E-state index in [1.165, 1.54) is 11.8 Å². The van der Waals surface area contributed by atoms with Gasteiger partial charge in [0.2, 0.25) is 5.16 Å². The Bertz CT molecular complexity index is 1250. The molecular weight excluding hydrogens is 479 g/mol. The van der Waals surface area contributed by atoms with Crippen LogP contribution in [0.15, 0.2) is 83.3 Å². The molecule has 0 saturated heterocycles. The Hall–Kier alpha value is -3.00. The Labute approximate surface area is 206 Å². The zero-order valence-corrected chi connectivity index (χ0v) is 20.0. The molecule has 0 bridgehead atoms. The van der Waals surface area contributed by atoms with Crippen LogP contribution >= 0.6 is 35.0 Å². The van der Waals surface area contributed by atoms with Crippen molar-refractivity contribution in [3.8, 4) is 11.5 Å². The summed E-state index contributed by atoms with van der Waals surface area (Å²) in [7, 11) is 1.60. The average molecular weight is 499 g/mol. The van der Waals surface area contributed by atoms with Crippen molar-refractivity contribution in [2.45, 2.75) is 17.5 Å². The van der Waals surface area contributed by atoms with Gasteiger partial charge in [0.05, 0.1) is 13.3 Å². The lowest BCUT2D eigenvalue weighted by Crippen LogP contribution is -2.02. The highest BCUT2D eigenvalue weighted by Gasteiger charge is 2.11. The highest BCUT2D eigenvalue weighted by atomic mass is 35.5. The van der Waals surface area contributed by atoms with E-state index in [4.69, 9.17) is 32.7 Å². The first-order valence-corrected chi connectivity index (χ1v) is 11.7. The first-order valence-electron chi connectivity index (χ1n) is 9.99. The normalized spacial score (nSPS) is 11.1. The molecule has 0 unspecified atom stereocenters. The van der Waals surface area contributed by atoms with Gasteiger partial charge in [0.25, 0.3) is 0 Å². The fraction of sp³-hybridized carbons (Fsp3) is 0.125. The summed E-state index contributed by atoms with van der Waals surface area (Å²) in [6, 6.07) is 20.9. The molecular formula is C24H20Cl2N4O2S. The van der Waals surface area contributed by atoms with E-state index in [-0.39, 0.29) is 0 Å². The quantitative estimate of drug-likeness (QED) is 0.199. The third-order valence-corrected chi connectivity index (χ3v) is 6.29. The summed E-state index contributed by atoms with van der Waals surface area (Å²) >= 11 is 13.8. The number of benzene rings is 3. The van der Waals surface area contributed by atoms with E-state index in [9.17, 15) is 0 Å². The molecule has 0 spiro atoms. The first-order chi connectivity index (χ1) is 16.1. The second-order valence-corrected chi connectivity index (χ2v) is 8.66. The Kier molecular flexibility index (Phi) is 7.88. The highest BCUT2D eigenvalue weighted by molar-refractivity contribution is 7.98. The van der Waals surface area contributed by atoms with Crippen molar-refractivity contribution < 1.29 is 9.47 Å². The first kappa shape index (κ1) is 23.2. The predicted octanol–water partition coefficient (Wildman–Crippen LogP) is 6.35. The molecule has 0 atom stereocenters. The molecule has 1 heterocycles. The number of hydrogen-bond acceptors (Lipinski definition) is 6. The summed E-state index contributed by atoms with van der Waals surface area (Å²) in [6.07, 6.45) is 3.26. The Morgan fingerprint density at radius 2 is 1.85 bits per heavy atom. The van der Waals surface area contributed by atoms with E-state index in [0.29, 0.717) is 33.3 Å². The number of halogens is 2. The van der Waals surface area contributed by atoms with Gasteiger partial charge in [-0.3, -0.25) is 0 Å². The lowest BCUT2D eigenvalue weighted by Gasteiger charge is -2.14. The maximum absolute atomic E-state index is 6.27. The number of methoxy groups -OCH3 is 1. The average Bonchev–Trinajstić information content (AvgIpc) is 3.29. The Morgan fingerprint density at radius 1 is 1.03 bits per heavy atom. The van der Waals surface area contributed by atoms with Crippen molar-refractivity contribution in [3.05, 3.63) is 99.8 Å². The van der Waals surface area contributed by atoms with Crippen LogP contribution in [-0.2, 0) is 12.4 Å². The number of aromatic nitrogens is 3. The summed E-state index contributed by atoms with van der Waals surface area (Å²) in [6.45, 7) is 0.301. The monoisotopic (exact) mass is 498 g/mol. The molecule has 0 fully saturated rings. The van der Waals surface area contributed by atoms with E-state index >= 15 is 0 Å². The van der Waals surface area contributed by atoms with Gasteiger partial charge in [-0.1, -0.05) is 71.4 Å². The van der Waals surface area contributed by atoms with Gasteiger partial charge >= 0.3 is 0 Å². The Morgan fingerprint density at radius 3 is 2.64 bits per heavy atom. The molecule has 9 heteroatoms. The fourth-order valence-corrected chi connectivity index (χ4v) is 4.10. The molecule has 168 valence electrons. The number of ether oxygens (including phenoxy) is 2. The van der Waals surface area contributed by atoms with E-state index in [1.54, 1.807) is 24.3 Å². The molecule has 6 nitrogen and oxygen atoms in total. The van der Waals surface area contributed by atoms with Gasteiger partial charge in [-0.05, 0) is 35.9 Å². The SMILES string of the molecule is COc1cccc(/C=N/n2cnnc2SCc2ccc(Cl)cc2)c1OCc1ccccc1Cl. The molecule has 4 rings (SSSR count). The lowest BCUT2D eigenvalue weighted by molar-refractivity contribution is 0.284. The van der Waals surface area contributed by atoms with Crippen LogP contribution in [0, 0.1) is 0 Å². The van der Waals surface area contributed by atoms with Crippen molar-refractivity contribution in [1.29, 1.82) is 0 Å². The van der Waals surface area contributed by atoms with Crippen molar-refractivity contribution in [1.82, 2.24) is 14.9 Å². The zero-order valence-electron chi connectivity index (χ0n) is 17.7. The second kappa shape index (κ2) is 11.2. The van der Waals surface area contributed by atoms with Crippen molar-refractivity contribution in [2.75, 3.05) is 7.11 Å². The third kappa shape index (κ3) is 6.07. The van der Waals surface area contributed by atoms with Crippen LogP contribution in [0.4, 0.5) is 0 Å². The molecule has 0 aliphatic rings. The molecule has 3 aromatic carbocycles. The summed E-state index contributed by atoms with van der Waals surface area (Å²) in [5, 5.41) is 14.7. The molecule has 0 aliphatic heterocycles. The molecule has 0 N–H and O–H groups in total. The van der Waals surface area contributed by atoms with Crippen molar-refractivity contribution in [3.63, 3.8) is 0 Å². The third-order valence-electron chi connectivity index (χ3n) is 4.66. The Balaban J connectivity index is 1.51. The van der Waals surface area contributed by atoms with Gasteiger partial charge in [-0.25, -0.2) is 0 Å². The number of rotatable bonds is 9. The summed E-state index contributed by atoms with van der Waals surface area (Å²) in [5.74, 6) is 1.90. The molecule has 0 amide bonds. The minimum absolute atomic E-state index is 0.301. The van der Waals surface area contributed by atoms with E-state index < -0.39 is 0 Å². The largest absolute Gasteiger partial charge is 0.493 e. The smallest absolute Gasteiger partial charge is 0.212 e. The minimum atomic E-state index is 0.301. The molecule has 0 radical (unpaired) electrons. The topological polar surface area (TPSA) is 61.5 Å². The van der Waals surface area contributed by atoms with Crippen LogP contribution < -0.4 is 9.47 Å². The molecule has 33 heavy (non-hydrogen) atoms. The molecule has 1 aromatic heterocycles. The highest BCUT2D eigenvalue weighted by Crippen LogP contribution is 2.31. The molecule has 0 aliphatic carbocycles. The van der Waals surface area contributed by atoms with Crippen LogP contribution in [0.25, 0.3) is 0 Å².